The molecule has 0 radical (unpaired) electrons. The molecule has 24 heavy (non-hydrogen) atoms. The lowest BCUT2D eigenvalue weighted by molar-refractivity contribution is 0.0943. The van der Waals surface area contributed by atoms with Gasteiger partial charge in [0.2, 0.25) is 0 Å². The molecule has 0 aliphatic rings. The van der Waals surface area contributed by atoms with E-state index in [4.69, 9.17) is 0 Å². The van der Waals surface area contributed by atoms with E-state index < -0.39 is 0 Å². The van der Waals surface area contributed by atoms with Gasteiger partial charge in [-0.2, -0.15) is 0 Å². The van der Waals surface area contributed by atoms with Gasteiger partial charge in [-0.25, -0.2) is 0 Å². The zero-order chi connectivity index (χ0) is 16.6. The topological polar surface area (TPSA) is 29.1 Å². The lowest BCUT2D eigenvalue weighted by Gasteiger charge is -2.18. The molecule has 2 nitrogen and oxygen atoms in total. The zero-order valence-corrected chi connectivity index (χ0v) is 13.6. The van der Waals surface area contributed by atoms with Crippen LogP contribution in [0.15, 0.2) is 91.0 Å². The van der Waals surface area contributed by atoms with Crippen LogP contribution in [0.2, 0.25) is 0 Å². The molecule has 0 aliphatic heterocycles. The Bertz CT molecular complexity index is 754. The van der Waals surface area contributed by atoms with E-state index in [1.807, 2.05) is 78.9 Å². The highest BCUT2D eigenvalue weighted by Crippen LogP contribution is 2.18. The molecule has 0 unspecified atom stereocenters. The molecule has 3 rings (SSSR count). The van der Waals surface area contributed by atoms with Crippen LogP contribution in [0.4, 0.5) is 0 Å². The van der Waals surface area contributed by atoms with Crippen molar-refractivity contribution in [1.82, 2.24) is 5.32 Å². The third-order valence-electron chi connectivity index (χ3n) is 4.06. The summed E-state index contributed by atoms with van der Waals surface area (Å²) < 4.78 is 0. The summed E-state index contributed by atoms with van der Waals surface area (Å²) in [6.07, 6.45) is 0.895. The first-order valence-corrected chi connectivity index (χ1v) is 8.26. The van der Waals surface area contributed by atoms with E-state index in [-0.39, 0.29) is 11.8 Å². The summed E-state index contributed by atoms with van der Waals surface area (Å²) in [6.45, 7) is 0.752. The van der Waals surface area contributed by atoms with Crippen LogP contribution in [-0.2, 0) is 6.42 Å². The molecule has 0 aromatic heterocycles. The predicted molar refractivity (Wildman–Crippen MR) is 98.1 cm³/mol. The van der Waals surface area contributed by atoms with Crippen LogP contribution in [-0.4, -0.2) is 12.3 Å². The number of benzene rings is 3. The number of carbonyl (C=O) groups excluding carboxylic acids is 1. The first-order chi connectivity index (χ1) is 11.8. The van der Waals surface area contributed by atoms with Gasteiger partial charge in [0.15, 0.2) is 5.78 Å². The maximum absolute atomic E-state index is 12.9. The molecule has 1 N–H and O–H groups in total. The summed E-state index contributed by atoms with van der Waals surface area (Å²) in [5.41, 5.74) is 3.00. The quantitative estimate of drug-likeness (QED) is 0.653. The highest BCUT2D eigenvalue weighted by atomic mass is 16.1. The Kier molecular flexibility index (Phi) is 5.54. The molecule has 3 aromatic rings. The zero-order valence-electron chi connectivity index (χ0n) is 13.6. The van der Waals surface area contributed by atoms with Crippen molar-refractivity contribution < 1.29 is 4.79 Å². The third kappa shape index (κ3) is 4.18. The molecule has 0 fully saturated rings. The van der Waals surface area contributed by atoms with Gasteiger partial charge in [-0.1, -0.05) is 91.0 Å². The smallest absolute Gasteiger partial charge is 0.184 e. The molecule has 1 atom stereocenters. The van der Waals surface area contributed by atoms with Crippen molar-refractivity contribution in [2.45, 2.75) is 12.5 Å². The van der Waals surface area contributed by atoms with Crippen LogP contribution in [0.1, 0.15) is 27.5 Å². The highest BCUT2D eigenvalue weighted by molar-refractivity contribution is 6.00. The second-order valence-electron chi connectivity index (χ2n) is 5.76. The van der Waals surface area contributed by atoms with Crippen molar-refractivity contribution in [2.24, 2.45) is 0 Å². The van der Waals surface area contributed by atoms with Gasteiger partial charge >= 0.3 is 0 Å². The molecule has 0 saturated carbocycles. The number of carbonyl (C=O) groups is 1. The summed E-state index contributed by atoms with van der Waals surface area (Å²) in [4.78, 5) is 12.9. The Hall–Kier alpha value is -2.71. The lowest BCUT2D eigenvalue weighted by Crippen LogP contribution is -2.30. The maximum Gasteiger partial charge on any atom is 0.184 e. The number of Topliss-reactive ketones (excluding diaryl/α,β-unsaturated/α-hetero) is 1. The average Bonchev–Trinajstić information content (AvgIpc) is 2.67. The van der Waals surface area contributed by atoms with Gasteiger partial charge in [-0.05, 0) is 17.5 Å². The molecule has 0 aliphatic carbocycles. The standard InChI is InChI=1S/C22H21NO/c24-22(20-14-8-3-9-15-20)21(19-12-6-2-7-13-19)23-17-16-18-10-4-1-5-11-18/h1-15,21,23H,16-17H2/t21-/m0/s1. The van der Waals surface area contributed by atoms with E-state index in [0.717, 1.165) is 24.1 Å². The van der Waals surface area contributed by atoms with E-state index in [0.29, 0.717) is 0 Å². The SMILES string of the molecule is O=C(c1ccccc1)[C@@H](NCCc1ccccc1)c1ccccc1. The van der Waals surface area contributed by atoms with Gasteiger partial charge in [-0.3, -0.25) is 4.79 Å². The summed E-state index contributed by atoms with van der Waals surface area (Å²) in [6, 6.07) is 29.4. The number of hydrogen-bond acceptors (Lipinski definition) is 2. The normalized spacial score (nSPS) is 11.8. The first-order valence-electron chi connectivity index (χ1n) is 8.26. The van der Waals surface area contributed by atoms with Gasteiger partial charge in [0.1, 0.15) is 0 Å². The summed E-state index contributed by atoms with van der Waals surface area (Å²) in [7, 11) is 0. The molecule has 2 heteroatoms. The minimum Gasteiger partial charge on any atom is -0.303 e. The molecule has 0 bridgehead atoms. The van der Waals surface area contributed by atoms with Crippen LogP contribution in [0, 0.1) is 0 Å². The minimum atomic E-state index is -0.322. The summed E-state index contributed by atoms with van der Waals surface area (Å²) in [5.74, 6) is 0.106. The van der Waals surface area contributed by atoms with Crippen molar-refractivity contribution in [1.29, 1.82) is 0 Å². The third-order valence-corrected chi connectivity index (χ3v) is 4.06. The molecule has 0 amide bonds. The number of hydrogen-bond donors (Lipinski definition) is 1. The van der Waals surface area contributed by atoms with Crippen LogP contribution in [0.25, 0.3) is 0 Å². The van der Waals surface area contributed by atoms with Crippen LogP contribution in [0.3, 0.4) is 0 Å². The fraction of sp³-hybridized carbons (Fsp3) is 0.136. The van der Waals surface area contributed by atoms with Crippen molar-refractivity contribution in [3.8, 4) is 0 Å². The van der Waals surface area contributed by atoms with Gasteiger partial charge in [0.25, 0.3) is 0 Å². The summed E-state index contributed by atoms with van der Waals surface area (Å²) >= 11 is 0. The Labute approximate surface area is 143 Å². The molecular weight excluding hydrogens is 294 g/mol. The van der Waals surface area contributed by atoms with E-state index >= 15 is 0 Å². The van der Waals surface area contributed by atoms with Gasteiger partial charge in [0.05, 0.1) is 6.04 Å². The molecule has 0 spiro atoms. The van der Waals surface area contributed by atoms with Gasteiger partial charge in [0, 0.05) is 12.1 Å². The van der Waals surface area contributed by atoms with Crippen LogP contribution in [0.5, 0.6) is 0 Å². The monoisotopic (exact) mass is 315 g/mol. The van der Waals surface area contributed by atoms with E-state index in [9.17, 15) is 4.79 Å². The minimum absolute atomic E-state index is 0.106. The fourth-order valence-electron chi connectivity index (χ4n) is 2.78. The largest absolute Gasteiger partial charge is 0.303 e. The van der Waals surface area contributed by atoms with E-state index in [2.05, 4.69) is 17.4 Å². The van der Waals surface area contributed by atoms with Crippen LogP contribution < -0.4 is 5.32 Å². The van der Waals surface area contributed by atoms with Crippen molar-refractivity contribution in [3.63, 3.8) is 0 Å². The predicted octanol–water partition coefficient (Wildman–Crippen LogP) is 4.44. The molecule has 0 saturated heterocycles. The van der Waals surface area contributed by atoms with Crippen LogP contribution >= 0.6 is 0 Å². The van der Waals surface area contributed by atoms with Gasteiger partial charge < -0.3 is 5.32 Å². The Morgan fingerprint density at radius 2 is 1.29 bits per heavy atom. The molecular formula is C22H21NO. The van der Waals surface area contributed by atoms with E-state index in [1.54, 1.807) is 0 Å². The van der Waals surface area contributed by atoms with Gasteiger partial charge in [-0.15, -0.1) is 0 Å². The Morgan fingerprint density at radius 1 is 0.750 bits per heavy atom. The Balaban J connectivity index is 1.74. The Morgan fingerprint density at radius 3 is 1.92 bits per heavy atom. The molecule has 3 aromatic carbocycles. The second kappa shape index (κ2) is 8.23. The van der Waals surface area contributed by atoms with Crippen molar-refractivity contribution >= 4 is 5.78 Å². The number of nitrogens with one attached hydrogen (secondary N) is 1. The summed E-state index contributed by atoms with van der Waals surface area (Å²) in [5, 5.41) is 3.43. The maximum atomic E-state index is 12.9. The first kappa shape index (κ1) is 16.2. The molecule has 0 heterocycles. The van der Waals surface area contributed by atoms with Crippen molar-refractivity contribution in [3.05, 3.63) is 108 Å². The van der Waals surface area contributed by atoms with E-state index in [1.165, 1.54) is 5.56 Å². The highest BCUT2D eigenvalue weighted by Gasteiger charge is 2.20. The lowest BCUT2D eigenvalue weighted by atomic mass is 9.97. The van der Waals surface area contributed by atoms with Crippen molar-refractivity contribution in [2.75, 3.05) is 6.54 Å². The molecule has 120 valence electrons. The number of rotatable bonds is 7. The fourth-order valence-corrected chi connectivity index (χ4v) is 2.78. The second-order valence-corrected chi connectivity index (χ2v) is 5.76. The number of ketones is 1. The average molecular weight is 315 g/mol.